The number of aliphatic hydroxyl groups excluding tert-OH is 3. The minimum absolute atomic E-state index is 0.398. The van der Waals surface area contributed by atoms with Crippen molar-refractivity contribution in [3.05, 3.63) is 0 Å². The zero-order chi connectivity index (χ0) is 14.4. The normalized spacial score (nSPS) is 14.0. The predicted molar refractivity (Wildman–Crippen MR) is 69.0 cm³/mol. The van der Waals surface area contributed by atoms with Crippen LogP contribution in [0.15, 0.2) is 0 Å². The molecule has 0 aromatic carbocycles. The molecule has 0 fully saturated rings. The molecule has 0 heterocycles. The Labute approximate surface area is 110 Å². The second-order valence-corrected chi connectivity index (χ2v) is 11.5. The van der Waals surface area contributed by atoms with Crippen molar-refractivity contribution >= 4 is 17.1 Å². The number of rotatable bonds is 9. The third kappa shape index (κ3) is 3.37. The highest BCUT2D eigenvalue weighted by atomic mass is 28.4. The van der Waals surface area contributed by atoms with Crippen LogP contribution in [0.25, 0.3) is 0 Å². The second-order valence-electron chi connectivity index (χ2n) is 4.44. The van der Waals surface area contributed by atoms with E-state index in [1.165, 1.54) is 21.3 Å². The molecule has 9 heteroatoms. The summed E-state index contributed by atoms with van der Waals surface area (Å²) in [6.07, 6.45) is -1.19. The van der Waals surface area contributed by atoms with Crippen LogP contribution in [-0.4, -0.2) is 77.7 Å². The summed E-state index contributed by atoms with van der Waals surface area (Å²) < 4.78 is 21.8. The summed E-state index contributed by atoms with van der Waals surface area (Å²) >= 11 is 0. The van der Waals surface area contributed by atoms with Gasteiger partial charge in [0.1, 0.15) is 5.22 Å². The maximum Gasteiger partial charge on any atom is 0.531 e. The monoisotopic (exact) mass is 300 g/mol. The molecular weight excluding hydrogens is 276 g/mol. The van der Waals surface area contributed by atoms with Crippen LogP contribution in [0.2, 0.25) is 0 Å². The fraction of sp³-hybridized carbons (Fsp3) is 1.00. The average molecular weight is 300 g/mol. The van der Waals surface area contributed by atoms with E-state index in [1.54, 1.807) is 13.8 Å². The molecule has 0 unspecified atom stereocenters. The summed E-state index contributed by atoms with van der Waals surface area (Å²) in [5.74, 6) is 0. The summed E-state index contributed by atoms with van der Waals surface area (Å²) in [5, 5.41) is 27.0. The molecule has 0 saturated carbocycles. The molecule has 0 saturated heterocycles. The van der Waals surface area contributed by atoms with Gasteiger partial charge in [0.15, 0.2) is 0 Å². The van der Waals surface area contributed by atoms with Gasteiger partial charge in [-0.1, -0.05) is 0 Å². The van der Waals surface area contributed by atoms with Crippen molar-refractivity contribution in [1.29, 1.82) is 0 Å². The SMILES string of the molecule is CO[Si](OC)(OC)C(C)(C)O[Si](CO)(CO)CO. The lowest BCUT2D eigenvalue weighted by Gasteiger charge is -2.43. The molecule has 0 aromatic rings. The van der Waals surface area contributed by atoms with E-state index in [4.69, 9.17) is 17.7 Å². The first kappa shape index (κ1) is 18.2. The van der Waals surface area contributed by atoms with Crippen LogP contribution in [0.1, 0.15) is 13.8 Å². The van der Waals surface area contributed by atoms with Crippen molar-refractivity contribution in [1.82, 2.24) is 0 Å². The molecule has 0 radical (unpaired) electrons. The van der Waals surface area contributed by atoms with Gasteiger partial charge in [-0.15, -0.1) is 0 Å². The van der Waals surface area contributed by atoms with Gasteiger partial charge < -0.3 is 33.0 Å². The largest absolute Gasteiger partial charge is 0.531 e. The summed E-state index contributed by atoms with van der Waals surface area (Å²) in [6, 6.07) is 0. The Morgan fingerprint density at radius 1 is 0.833 bits per heavy atom. The highest BCUT2D eigenvalue weighted by molar-refractivity contribution is 6.75. The number of hydrogen-bond acceptors (Lipinski definition) is 7. The number of aliphatic hydroxyl groups is 3. The molecule has 0 aliphatic heterocycles. The van der Waals surface area contributed by atoms with Crippen molar-refractivity contribution < 1.29 is 33.0 Å². The van der Waals surface area contributed by atoms with E-state index in [1.807, 2.05) is 0 Å². The van der Waals surface area contributed by atoms with Crippen LogP contribution < -0.4 is 0 Å². The first-order chi connectivity index (χ1) is 8.32. The van der Waals surface area contributed by atoms with Crippen molar-refractivity contribution in [2.24, 2.45) is 0 Å². The zero-order valence-electron chi connectivity index (χ0n) is 11.6. The van der Waals surface area contributed by atoms with Gasteiger partial charge in [0, 0.05) is 21.3 Å². The molecule has 0 amide bonds. The summed E-state index contributed by atoms with van der Waals surface area (Å²) in [6.45, 7) is 3.39. The highest BCUT2D eigenvalue weighted by Crippen LogP contribution is 2.29. The fourth-order valence-electron chi connectivity index (χ4n) is 1.84. The second kappa shape index (κ2) is 7.07. The van der Waals surface area contributed by atoms with Crippen molar-refractivity contribution in [3.8, 4) is 0 Å². The van der Waals surface area contributed by atoms with Gasteiger partial charge in [-0.3, -0.25) is 0 Å². The topological polar surface area (TPSA) is 97.6 Å². The summed E-state index contributed by atoms with van der Waals surface area (Å²) in [5.41, 5.74) is 0. The lowest BCUT2D eigenvalue weighted by Crippen LogP contribution is -2.68. The lowest BCUT2D eigenvalue weighted by molar-refractivity contribution is 0.0147. The molecule has 0 aromatic heterocycles. The van der Waals surface area contributed by atoms with E-state index in [0.717, 1.165) is 0 Å². The lowest BCUT2D eigenvalue weighted by atomic mass is 10.5. The van der Waals surface area contributed by atoms with E-state index >= 15 is 0 Å². The maximum atomic E-state index is 9.33. The third-order valence-electron chi connectivity index (χ3n) is 2.88. The predicted octanol–water partition coefficient (Wildman–Crippen LogP) is -1.26. The zero-order valence-corrected chi connectivity index (χ0v) is 13.6. The van der Waals surface area contributed by atoms with Crippen molar-refractivity contribution in [3.63, 3.8) is 0 Å². The van der Waals surface area contributed by atoms with Gasteiger partial charge in [-0.25, -0.2) is 0 Å². The molecule has 0 atom stereocenters. The minimum Gasteiger partial charge on any atom is -0.400 e. The maximum absolute atomic E-state index is 9.33. The molecule has 7 nitrogen and oxygen atoms in total. The summed E-state index contributed by atoms with van der Waals surface area (Å²) in [7, 11) is -1.83. The first-order valence-electron chi connectivity index (χ1n) is 5.50. The van der Waals surface area contributed by atoms with Gasteiger partial charge in [-0.05, 0) is 13.8 Å². The van der Waals surface area contributed by atoms with E-state index in [0.29, 0.717) is 0 Å². The molecule has 110 valence electrons. The standard InChI is InChI=1S/C9H24O7Si2/c1-9(2,18(13-3,14-4)15-5)16-17(6-10,7-11)8-12/h10-12H,6-8H2,1-5H3. The number of hydrogen-bond donors (Lipinski definition) is 3. The average Bonchev–Trinajstić information content (AvgIpc) is 2.38. The van der Waals surface area contributed by atoms with E-state index in [2.05, 4.69) is 0 Å². The fourth-order valence-corrected chi connectivity index (χ4v) is 6.54. The Morgan fingerprint density at radius 2 is 1.17 bits per heavy atom. The smallest absolute Gasteiger partial charge is 0.400 e. The Bertz CT molecular complexity index is 225. The van der Waals surface area contributed by atoms with Gasteiger partial charge >= 0.3 is 8.80 Å². The van der Waals surface area contributed by atoms with Crippen LogP contribution in [0.3, 0.4) is 0 Å². The highest BCUT2D eigenvalue weighted by Gasteiger charge is 2.58. The first-order valence-corrected chi connectivity index (χ1v) is 9.76. The molecule has 0 bridgehead atoms. The van der Waals surface area contributed by atoms with Crippen LogP contribution in [-0.2, 0) is 17.7 Å². The van der Waals surface area contributed by atoms with Crippen LogP contribution >= 0.6 is 0 Å². The van der Waals surface area contributed by atoms with Crippen molar-refractivity contribution in [2.75, 3.05) is 40.0 Å². The molecule has 0 spiro atoms. The molecular formula is C9H24O7Si2. The Morgan fingerprint density at radius 3 is 1.39 bits per heavy atom. The Hall–Kier alpha value is 0.154. The molecule has 0 aliphatic carbocycles. The third-order valence-corrected chi connectivity index (χ3v) is 8.95. The van der Waals surface area contributed by atoms with E-state index in [9.17, 15) is 15.3 Å². The van der Waals surface area contributed by atoms with Crippen molar-refractivity contribution in [2.45, 2.75) is 19.1 Å². The van der Waals surface area contributed by atoms with Gasteiger partial charge in [0.25, 0.3) is 8.32 Å². The molecule has 0 aliphatic rings. The van der Waals surface area contributed by atoms with Crippen LogP contribution in [0.4, 0.5) is 0 Å². The van der Waals surface area contributed by atoms with E-state index < -0.39 is 41.0 Å². The Kier molecular flexibility index (Phi) is 7.14. The molecule has 0 rings (SSSR count). The minimum atomic E-state index is -3.12. The van der Waals surface area contributed by atoms with Crippen LogP contribution in [0.5, 0.6) is 0 Å². The Balaban J connectivity index is 5.24. The van der Waals surface area contributed by atoms with Gasteiger partial charge in [0.05, 0.1) is 18.7 Å². The van der Waals surface area contributed by atoms with E-state index in [-0.39, 0.29) is 0 Å². The molecule has 3 N–H and O–H groups in total. The van der Waals surface area contributed by atoms with Gasteiger partial charge in [0.2, 0.25) is 0 Å². The van der Waals surface area contributed by atoms with Crippen LogP contribution in [0, 0.1) is 0 Å². The summed E-state index contributed by atoms with van der Waals surface area (Å²) in [4.78, 5) is 0. The van der Waals surface area contributed by atoms with Gasteiger partial charge in [-0.2, -0.15) is 0 Å². The quantitative estimate of drug-likeness (QED) is 0.457. The molecule has 18 heavy (non-hydrogen) atoms.